The van der Waals surface area contributed by atoms with Crippen LogP contribution in [-0.4, -0.2) is 41.0 Å². The van der Waals surface area contributed by atoms with Gasteiger partial charge >= 0.3 is 0 Å². The predicted octanol–water partition coefficient (Wildman–Crippen LogP) is 2.84. The molecule has 0 bridgehead atoms. The highest BCUT2D eigenvalue weighted by molar-refractivity contribution is 5.94. The second kappa shape index (κ2) is 6.61. The Morgan fingerprint density at radius 3 is 2.67 bits per heavy atom. The molecule has 1 aliphatic heterocycles. The molecule has 1 N–H and O–H groups in total. The van der Waals surface area contributed by atoms with Crippen LogP contribution >= 0.6 is 0 Å². The Bertz CT molecular complexity index is 698. The number of pyridine rings is 1. The summed E-state index contributed by atoms with van der Waals surface area (Å²) in [6.45, 7) is 2.09. The van der Waals surface area contributed by atoms with Gasteiger partial charge in [0.25, 0.3) is 5.91 Å². The molecule has 5 nitrogen and oxygen atoms in total. The highest BCUT2D eigenvalue weighted by Crippen LogP contribution is 2.29. The smallest absolute Gasteiger partial charge is 0.251 e. The number of rotatable bonds is 5. The van der Waals surface area contributed by atoms with E-state index in [1.807, 2.05) is 24.3 Å². The number of nitrogens with zero attached hydrogens (tertiary/aromatic N) is 2. The molecule has 2 aliphatic rings. The van der Waals surface area contributed by atoms with Gasteiger partial charge in [0.1, 0.15) is 11.5 Å². The van der Waals surface area contributed by atoms with E-state index in [1.165, 1.54) is 12.8 Å². The fourth-order valence-corrected chi connectivity index (χ4v) is 3.16. The molecule has 1 saturated heterocycles. The van der Waals surface area contributed by atoms with E-state index in [0.29, 0.717) is 17.1 Å². The monoisotopic (exact) mass is 323 g/mol. The number of benzene rings is 1. The fraction of sp³-hybridized carbons (Fsp3) is 0.368. The van der Waals surface area contributed by atoms with Crippen molar-refractivity contribution in [1.82, 2.24) is 15.2 Å². The number of aromatic nitrogens is 1. The molecule has 1 aliphatic carbocycles. The number of ether oxygens (including phenoxy) is 1. The van der Waals surface area contributed by atoms with Crippen molar-refractivity contribution >= 4 is 5.91 Å². The molecule has 0 radical (unpaired) electrons. The van der Waals surface area contributed by atoms with Gasteiger partial charge < -0.3 is 10.1 Å². The molecule has 1 atom stereocenters. The Hall–Kier alpha value is -2.40. The van der Waals surface area contributed by atoms with E-state index < -0.39 is 0 Å². The first-order valence-electron chi connectivity index (χ1n) is 8.51. The van der Waals surface area contributed by atoms with Crippen molar-refractivity contribution in [3.05, 3.63) is 54.4 Å². The molecule has 0 spiro atoms. The highest BCUT2D eigenvalue weighted by atomic mass is 16.5. The third-order valence-corrected chi connectivity index (χ3v) is 4.60. The van der Waals surface area contributed by atoms with Crippen molar-refractivity contribution in [2.75, 3.05) is 13.1 Å². The van der Waals surface area contributed by atoms with Gasteiger partial charge in [-0.25, -0.2) is 0 Å². The normalized spacial score (nSPS) is 20.8. The zero-order valence-electron chi connectivity index (χ0n) is 13.5. The fourth-order valence-electron chi connectivity index (χ4n) is 3.16. The van der Waals surface area contributed by atoms with Crippen LogP contribution in [0.15, 0.2) is 48.8 Å². The van der Waals surface area contributed by atoms with Gasteiger partial charge in [-0.1, -0.05) is 0 Å². The van der Waals surface area contributed by atoms with Crippen LogP contribution in [0.25, 0.3) is 0 Å². The van der Waals surface area contributed by atoms with E-state index in [2.05, 4.69) is 15.2 Å². The summed E-state index contributed by atoms with van der Waals surface area (Å²) >= 11 is 0. The van der Waals surface area contributed by atoms with Gasteiger partial charge in [-0.15, -0.1) is 0 Å². The van der Waals surface area contributed by atoms with Crippen LogP contribution in [0.4, 0.5) is 0 Å². The number of carbonyl (C=O) groups is 1. The van der Waals surface area contributed by atoms with Crippen LogP contribution in [-0.2, 0) is 0 Å². The van der Waals surface area contributed by atoms with Gasteiger partial charge in [-0.3, -0.25) is 14.7 Å². The van der Waals surface area contributed by atoms with Crippen molar-refractivity contribution in [3.63, 3.8) is 0 Å². The van der Waals surface area contributed by atoms with Gasteiger partial charge in [0, 0.05) is 36.9 Å². The number of nitrogens with one attached hydrogen (secondary N) is 1. The molecule has 5 heteroatoms. The van der Waals surface area contributed by atoms with Crippen molar-refractivity contribution in [2.45, 2.75) is 31.3 Å². The summed E-state index contributed by atoms with van der Waals surface area (Å²) in [5, 5.41) is 3.15. The van der Waals surface area contributed by atoms with Crippen molar-refractivity contribution < 1.29 is 9.53 Å². The van der Waals surface area contributed by atoms with Crippen LogP contribution in [0.2, 0.25) is 0 Å². The van der Waals surface area contributed by atoms with Gasteiger partial charge in [0.15, 0.2) is 0 Å². The third-order valence-electron chi connectivity index (χ3n) is 4.60. The molecule has 1 saturated carbocycles. The summed E-state index contributed by atoms with van der Waals surface area (Å²) in [7, 11) is 0. The topological polar surface area (TPSA) is 54.5 Å². The standard InChI is InChI=1S/C19H21N3O2/c23-19(21-15-9-11-22(13-15)16-5-6-16)14-3-7-17(8-4-14)24-18-2-1-10-20-12-18/h1-4,7-8,10,12,15-16H,5-6,9,11,13H2,(H,21,23)/t15-/m0/s1. The summed E-state index contributed by atoms with van der Waals surface area (Å²) in [6.07, 6.45) is 7.04. The Labute approximate surface area is 141 Å². The second-order valence-electron chi connectivity index (χ2n) is 6.50. The molecule has 0 unspecified atom stereocenters. The lowest BCUT2D eigenvalue weighted by Gasteiger charge is -2.16. The minimum absolute atomic E-state index is 0.00873. The molecule has 124 valence electrons. The molecule has 4 rings (SSSR count). The highest BCUT2D eigenvalue weighted by Gasteiger charge is 2.34. The molecule has 1 aromatic heterocycles. The summed E-state index contributed by atoms with van der Waals surface area (Å²) in [6, 6.07) is 11.9. The van der Waals surface area contributed by atoms with Crippen molar-refractivity contribution in [1.29, 1.82) is 0 Å². The van der Waals surface area contributed by atoms with E-state index >= 15 is 0 Å². The molecule has 2 fully saturated rings. The van der Waals surface area contributed by atoms with E-state index in [4.69, 9.17) is 4.74 Å². The van der Waals surface area contributed by atoms with Gasteiger partial charge in [0.05, 0.1) is 6.20 Å². The first kappa shape index (κ1) is 15.1. The molecular weight excluding hydrogens is 302 g/mol. The average molecular weight is 323 g/mol. The SMILES string of the molecule is O=C(N[C@H]1CCN(C2CC2)C1)c1ccc(Oc2cccnc2)cc1. The minimum Gasteiger partial charge on any atom is -0.456 e. The minimum atomic E-state index is -0.00873. The van der Waals surface area contributed by atoms with E-state index in [1.54, 1.807) is 24.5 Å². The molecule has 1 aromatic carbocycles. The molecule has 2 aromatic rings. The first-order chi connectivity index (χ1) is 11.8. The zero-order valence-corrected chi connectivity index (χ0v) is 13.5. The summed E-state index contributed by atoms with van der Waals surface area (Å²) < 4.78 is 5.69. The second-order valence-corrected chi connectivity index (χ2v) is 6.50. The average Bonchev–Trinajstić information content (AvgIpc) is 3.36. The van der Waals surface area contributed by atoms with E-state index in [9.17, 15) is 4.79 Å². The van der Waals surface area contributed by atoms with E-state index in [0.717, 1.165) is 25.6 Å². The Kier molecular flexibility index (Phi) is 4.17. The van der Waals surface area contributed by atoms with E-state index in [-0.39, 0.29) is 11.9 Å². The van der Waals surface area contributed by atoms with Crippen molar-refractivity contribution in [3.8, 4) is 11.5 Å². The number of carbonyl (C=O) groups excluding carboxylic acids is 1. The summed E-state index contributed by atoms with van der Waals surface area (Å²) in [5.41, 5.74) is 0.665. The lowest BCUT2D eigenvalue weighted by molar-refractivity contribution is 0.0937. The molecular formula is C19H21N3O2. The van der Waals surface area contributed by atoms with Gasteiger partial charge in [0.2, 0.25) is 0 Å². The maximum absolute atomic E-state index is 12.4. The summed E-state index contributed by atoms with van der Waals surface area (Å²) in [5.74, 6) is 1.37. The maximum Gasteiger partial charge on any atom is 0.251 e. The van der Waals surface area contributed by atoms with Gasteiger partial charge in [-0.05, 0) is 55.7 Å². The van der Waals surface area contributed by atoms with Crippen molar-refractivity contribution in [2.24, 2.45) is 0 Å². The first-order valence-corrected chi connectivity index (χ1v) is 8.51. The van der Waals surface area contributed by atoms with Gasteiger partial charge in [-0.2, -0.15) is 0 Å². The number of hydrogen-bond acceptors (Lipinski definition) is 4. The predicted molar refractivity (Wildman–Crippen MR) is 91.2 cm³/mol. The Morgan fingerprint density at radius 1 is 1.12 bits per heavy atom. The van der Waals surface area contributed by atoms with Crippen LogP contribution in [0.1, 0.15) is 29.6 Å². The maximum atomic E-state index is 12.4. The third kappa shape index (κ3) is 3.57. The molecule has 24 heavy (non-hydrogen) atoms. The molecule has 2 heterocycles. The number of likely N-dealkylation sites (tertiary alicyclic amines) is 1. The summed E-state index contributed by atoms with van der Waals surface area (Å²) in [4.78, 5) is 18.9. The number of amides is 1. The zero-order chi connectivity index (χ0) is 16.4. The Morgan fingerprint density at radius 2 is 1.96 bits per heavy atom. The lowest BCUT2D eigenvalue weighted by Crippen LogP contribution is -2.37. The van der Waals surface area contributed by atoms with Crippen LogP contribution in [0.3, 0.4) is 0 Å². The quantitative estimate of drug-likeness (QED) is 0.919. The largest absolute Gasteiger partial charge is 0.456 e. The van der Waals surface area contributed by atoms with Crippen LogP contribution in [0, 0.1) is 0 Å². The number of hydrogen-bond donors (Lipinski definition) is 1. The molecule has 1 amide bonds. The van der Waals surface area contributed by atoms with Crippen LogP contribution in [0.5, 0.6) is 11.5 Å². The lowest BCUT2D eigenvalue weighted by atomic mass is 10.2. The Balaban J connectivity index is 1.33. The van der Waals surface area contributed by atoms with Crippen LogP contribution < -0.4 is 10.1 Å².